The van der Waals surface area contributed by atoms with Crippen LogP contribution < -0.4 is 10.5 Å². The monoisotopic (exact) mass is 291 g/mol. The fourth-order valence-electron chi connectivity index (χ4n) is 1.71. The van der Waals surface area contributed by atoms with E-state index in [0.717, 1.165) is 11.8 Å². The quantitative estimate of drug-likeness (QED) is 0.772. The second-order valence-electron chi connectivity index (χ2n) is 4.22. The summed E-state index contributed by atoms with van der Waals surface area (Å²) in [5, 5.41) is 14.7. The van der Waals surface area contributed by atoms with E-state index in [4.69, 9.17) is 11.0 Å². The van der Waals surface area contributed by atoms with Crippen LogP contribution in [0.4, 0.5) is 5.82 Å². The first-order valence-electron chi connectivity index (χ1n) is 5.75. The van der Waals surface area contributed by atoms with Gasteiger partial charge in [0, 0.05) is 6.04 Å². The molecule has 0 saturated heterocycles. The van der Waals surface area contributed by atoms with Crippen LogP contribution >= 0.6 is 0 Å². The van der Waals surface area contributed by atoms with Crippen molar-refractivity contribution in [1.29, 1.82) is 5.26 Å². The van der Waals surface area contributed by atoms with Gasteiger partial charge in [-0.3, -0.25) is 5.10 Å². The molecule has 0 fully saturated rings. The standard InChI is InChI=1S/C12H13N5O2S/c1-8(10-4-2-9(6-13)3-5-10)17-20(18,19)11-7-15-16-12(11)14/h2-5,7-8,17H,1H3,(H3,14,15,16). The fourth-order valence-corrected chi connectivity index (χ4v) is 2.96. The van der Waals surface area contributed by atoms with Crippen LogP contribution in [0.2, 0.25) is 0 Å². The molecule has 1 aromatic carbocycles. The number of nitrogen functional groups attached to an aromatic ring is 1. The average Bonchev–Trinajstić information content (AvgIpc) is 2.85. The molecule has 2 aromatic rings. The lowest BCUT2D eigenvalue weighted by Crippen LogP contribution is -2.27. The number of nitriles is 1. The number of aromatic nitrogens is 2. The van der Waals surface area contributed by atoms with E-state index in [1.807, 2.05) is 6.07 Å². The van der Waals surface area contributed by atoms with Crippen LogP contribution in [-0.2, 0) is 10.0 Å². The first-order chi connectivity index (χ1) is 9.44. The van der Waals surface area contributed by atoms with Crippen molar-refractivity contribution < 1.29 is 8.42 Å². The van der Waals surface area contributed by atoms with Crippen molar-refractivity contribution in [2.75, 3.05) is 5.73 Å². The summed E-state index contributed by atoms with van der Waals surface area (Å²) in [5.41, 5.74) is 6.77. The maximum Gasteiger partial charge on any atom is 0.246 e. The molecule has 1 unspecified atom stereocenters. The normalized spacial score (nSPS) is 12.8. The number of sulfonamides is 1. The van der Waals surface area contributed by atoms with Gasteiger partial charge in [0.2, 0.25) is 10.0 Å². The molecule has 0 aliphatic rings. The van der Waals surface area contributed by atoms with Gasteiger partial charge in [0.05, 0.1) is 17.8 Å². The van der Waals surface area contributed by atoms with E-state index in [0.29, 0.717) is 5.56 Å². The number of anilines is 1. The van der Waals surface area contributed by atoms with Crippen LogP contribution in [0, 0.1) is 11.3 Å². The molecule has 0 saturated carbocycles. The van der Waals surface area contributed by atoms with E-state index in [1.165, 1.54) is 0 Å². The van der Waals surface area contributed by atoms with Crippen molar-refractivity contribution in [3.8, 4) is 6.07 Å². The summed E-state index contributed by atoms with van der Waals surface area (Å²) in [5.74, 6) is -0.00970. The van der Waals surface area contributed by atoms with E-state index >= 15 is 0 Å². The third-order valence-electron chi connectivity index (χ3n) is 2.79. The van der Waals surface area contributed by atoms with Crippen LogP contribution in [-0.4, -0.2) is 18.6 Å². The Bertz CT molecular complexity index is 743. The molecule has 0 aliphatic carbocycles. The van der Waals surface area contributed by atoms with Crippen molar-refractivity contribution in [1.82, 2.24) is 14.9 Å². The van der Waals surface area contributed by atoms with Gasteiger partial charge >= 0.3 is 0 Å². The number of benzene rings is 1. The summed E-state index contributed by atoms with van der Waals surface area (Å²) >= 11 is 0. The topological polar surface area (TPSA) is 125 Å². The van der Waals surface area contributed by atoms with Crippen molar-refractivity contribution >= 4 is 15.8 Å². The Morgan fingerprint density at radius 1 is 1.40 bits per heavy atom. The molecular weight excluding hydrogens is 278 g/mol. The molecule has 2 rings (SSSR count). The summed E-state index contributed by atoms with van der Waals surface area (Å²) in [7, 11) is -3.74. The maximum atomic E-state index is 12.1. The molecule has 1 aromatic heterocycles. The fraction of sp³-hybridized carbons (Fsp3) is 0.167. The Balaban J connectivity index is 2.21. The first-order valence-corrected chi connectivity index (χ1v) is 7.23. The molecule has 104 valence electrons. The zero-order valence-corrected chi connectivity index (χ0v) is 11.5. The summed E-state index contributed by atoms with van der Waals surface area (Å²) < 4.78 is 26.7. The van der Waals surface area contributed by atoms with Crippen LogP contribution in [0.1, 0.15) is 24.1 Å². The summed E-state index contributed by atoms with van der Waals surface area (Å²) in [6.45, 7) is 1.70. The Kier molecular flexibility index (Phi) is 3.74. The second-order valence-corrected chi connectivity index (χ2v) is 5.91. The zero-order valence-electron chi connectivity index (χ0n) is 10.7. The maximum absolute atomic E-state index is 12.1. The highest BCUT2D eigenvalue weighted by Crippen LogP contribution is 2.19. The number of hydrogen-bond donors (Lipinski definition) is 3. The molecule has 0 spiro atoms. The SMILES string of the molecule is CC(NS(=O)(=O)c1cn[nH]c1N)c1ccc(C#N)cc1. The van der Waals surface area contributed by atoms with Crippen molar-refractivity contribution in [2.24, 2.45) is 0 Å². The van der Waals surface area contributed by atoms with Crippen molar-refractivity contribution in [2.45, 2.75) is 17.9 Å². The minimum absolute atomic E-state index is 0.00970. The summed E-state index contributed by atoms with van der Waals surface area (Å²) in [6.07, 6.45) is 1.16. The summed E-state index contributed by atoms with van der Waals surface area (Å²) in [6, 6.07) is 8.21. The van der Waals surface area contributed by atoms with Gasteiger partial charge in [0.1, 0.15) is 10.7 Å². The first kappa shape index (κ1) is 14.0. The Morgan fingerprint density at radius 3 is 2.55 bits per heavy atom. The smallest absolute Gasteiger partial charge is 0.246 e. The molecular formula is C12H13N5O2S. The van der Waals surface area contributed by atoms with Crippen molar-refractivity contribution in [3.05, 3.63) is 41.6 Å². The predicted molar refractivity (Wildman–Crippen MR) is 72.9 cm³/mol. The molecule has 8 heteroatoms. The molecule has 0 radical (unpaired) electrons. The number of nitrogens with two attached hydrogens (primary N) is 1. The Labute approximate surface area is 116 Å². The average molecular weight is 291 g/mol. The molecule has 7 nitrogen and oxygen atoms in total. The predicted octanol–water partition coefficient (Wildman–Crippen LogP) is 0.903. The van der Waals surface area contributed by atoms with Gasteiger partial charge in [-0.2, -0.15) is 10.4 Å². The lowest BCUT2D eigenvalue weighted by molar-refractivity contribution is 0.567. The van der Waals surface area contributed by atoms with E-state index < -0.39 is 16.1 Å². The van der Waals surface area contributed by atoms with Gasteiger partial charge in [0.25, 0.3) is 0 Å². The molecule has 4 N–H and O–H groups in total. The van der Waals surface area contributed by atoms with Crippen LogP contribution in [0.25, 0.3) is 0 Å². The van der Waals surface area contributed by atoms with E-state index in [9.17, 15) is 8.42 Å². The highest BCUT2D eigenvalue weighted by atomic mass is 32.2. The van der Waals surface area contributed by atoms with E-state index in [-0.39, 0.29) is 10.7 Å². The molecule has 1 heterocycles. The van der Waals surface area contributed by atoms with E-state index in [1.54, 1.807) is 31.2 Å². The molecule has 0 aliphatic heterocycles. The van der Waals surface area contributed by atoms with Gasteiger partial charge in [-0.25, -0.2) is 13.1 Å². The molecule has 1 atom stereocenters. The molecule has 20 heavy (non-hydrogen) atoms. The Hall–Kier alpha value is -2.37. The number of nitrogens with zero attached hydrogens (tertiary/aromatic N) is 2. The van der Waals surface area contributed by atoms with Gasteiger partial charge in [-0.1, -0.05) is 12.1 Å². The van der Waals surface area contributed by atoms with Gasteiger partial charge < -0.3 is 5.73 Å². The highest BCUT2D eigenvalue weighted by molar-refractivity contribution is 7.89. The minimum Gasteiger partial charge on any atom is -0.383 e. The van der Waals surface area contributed by atoms with Crippen molar-refractivity contribution in [3.63, 3.8) is 0 Å². The lowest BCUT2D eigenvalue weighted by Gasteiger charge is -2.14. The second kappa shape index (κ2) is 5.32. The summed E-state index contributed by atoms with van der Waals surface area (Å²) in [4.78, 5) is -0.0852. The largest absolute Gasteiger partial charge is 0.383 e. The molecule has 0 amide bonds. The minimum atomic E-state index is -3.74. The van der Waals surface area contributed by atoms with Gasteiger partial charge in [-0.15, -0.1) is 0 Å². The number of rotatable bonds is 4. The third-order valence-corrected chi connectivity index (χ3v) is 4.36. The van der Waals surface area contributed by atoms with E-state index in [2.05, 4.69) is 14.9 Å². The number of hydrogen-bond acceptors (Lipinski definition) is 5. The van der Waals surface area contributed by atoms with Crippen LogP contribution in [0.5, 0.6) is 0 Å². The lowest BCUT2D eigenvalue weighted by atomic mass is 10.1. The van der Waals surface area contributed by atoms with Gasteiger partial charge in [0.15, 0.2) is 0 Å². The highest BCUT2D eigenvalue weighted by Gasteiger charge is 2.22. The van der Waals surface area contributed by atoms with Crippen LogP contribution in [0.15, 0.2) is 35.4 Å². The third kappa shape index (κ3) is 2.79. The molecule has 0 bridgehead atoms. The zero-order chi connectivity index (χ0) is 14.8. The number of H-pyrrole nitrogens is 1. The Morgan fingerprint density at radius 2 is 2.05 bits per heavy atom. The number of nitrogens with one attached hydrogen (secondary N) is 2. The number of aromatic amines is 1. The van der Waals surface area contributed by atoms with Crippen LogP contribution in [0.3, 0.4) is 0 Å². The van der Waals surface area contributed by atoms with Gasteiger partial charge in [-0.05, 0) is 24.6 Å².